The number of rotatable bonds is 6. The molecule has 1 nitrogen and oxygen atoms in total. The largest absolute Gasteiger partial charge is 0.457 e. The fourth-order valence-corrected chi connectivity index (χ4v) is 3.43. The van der Waals surface area contributed by atoms with Crippen LogP contribution in [-0.2, 0) is 11.8 Å². The van der Waals surface area contributed by atoms with Gasteiger partial charge in [0.2, 0.25) is 0 Å². The monoisotopic (exact) mass is 358 g/mol. The zero-order valence-corrected chi connectivity index (χ0v) is 15.5. The number of hydrogen-bond donors (Lipinski definition) is 0. The number of ether oxygens (including phenoxy) is 1. The summed E-state index contributed by atoms with van der Waals surface area (Å²) in [4.78, 5) is 0. The average Bonchev–Trinajstić information content (AvgIpc) is 3.44. The van der Waals surface area contributed by atoms with Gasteiger partial charge in [-0.2, -0.15) is 0 Å². The number of aryl methyl sites for hydroxylation is 1. The lowest BCUT2D eigenvalue weighted by atomic mass is 9.93. The number of benzene rings is 3. The molecule has 0 N–H and O–H groups in total. The molecule has 0 aliphatic heterocycles. The molecule has 0 amide bonds. The molecule has 1 saturated carbocycles. The van der Waals surface area contributed by atoms with E-state index in [1.807, 2.05) is 60.7 Å². The van der Waals surface area contributed by atoms with Crippen LogP contribution in [0.1, 0.15) is 29.5 Å². The van der Waals surface area contributed by atoms with Crippen molar-refractivity contribution in [3.8, 4) is 11.5 Å². The predicted molar refractivity (Wildman–Crippen MR) is 108 cm³/mol. The van der Waals surface area contributed by atoms with Crippen LogP contribution in [0.15, 0.2) is 90.8 Å². The highest BCUT2D eigenvalue weighted by Crippen LogP contribution is 2.50. The molecule has 3 aromatic carbocycles. The fourth-order valence-electron chi connectivity index (χ4n) is 3.43. The number of halogens is 1. The van der Waals surface area contributed by atoms with Gasteiger partial charge in [-0.3, -0.25) is 0 Å². The molecule has 1 fully saturated rings. The minimum Gasteiger partial charge on any atom is -0.457 e. The van der Waals surface area contributed by atoms with Gasteiger partial charge in [-0.1, -0.05) is 60.2 Å². The first-order valence-electron chi connectivity index (χ1n) is 9.39. The summed E-state index contributed by atoms with van der Waals surface area (Å²) in [6.45, 7) is 2.07. The molecule has 1 aliphatic carbocycles. The smallest absolute Gasteiger partial charge is 0.127 e. The van der Waals surface area contributed by atoms with Crippen molar-refractivity contribution in [2.45, 2.75) is 31.6 Å². The van der Waals surface area contributed by atoms with Crippen molar-refractivity contribution in [3.05, 3.63) is 107 Å². The molecule has 0 heterocycles. The van der Waals surface area contributed by atoms with Crippen molar-refractivity contribution in [1.29, 1.82) is 0 Å². The molecule has 0 atom stereocenters. The second-order valence-electron chi connectivity index (χ2n) is 7.35. The molecule has 4 rings (SSSR count). The summed E-state index contributed by atoms with van der Waals surface area (Å²) in [6.07, 6.45) is 4.14. The zero-order valence-electron chi connectivity index (χ0n) is 15.5. The van der Waals surface area contributed by atoms with E-state index in [0.717, 1.165) is 29.9 Å². The second-order valence-corrected chi connectivity index (χ2v) is 7.35. The molecule has 27 heavy (non-hydrogen) atoms. The predicted octanol–water partition coefficient (Wildman–Crippen LogP) is 6.92. The van der Waals surface area contributed by atoms with E-state index < -0.39 is 0 Å². The summed E-state index contributed by atoms with van der Waals surface area (Å²) in [5.74, 6) is 1.43. The Kier molecular flexibility index (Phi) is 4.81. The molecule has 0 saturated heterocycles. The van der Waals surface area contributed by atoms with Gasteiger partial charge in [0.1, 0.15) is 17.3 Å². The summed E-state index contributed by atoms with van der Waals surface area (Å²) in [6, 6.07) is 25.7. The number of allylic oxidation sites excluding steroid dienone is 2. The van der Waals surface area contributed by atoms with Gasteiger partial charge in [-0.25, -0.2) is 4.39 Å². The van der Waals surface area contributed by atoms with Crippen LogP contribution in [0.4, 0.5) is 4.39 Å². The topological polar surface area (TPSA) is 9.23 Å². The van der Waals surface area contributed by atoms with Gasteiger partial charge in [0, 0.05) is 11.8 Å². The van der Waals surface area contributed by atoms with Crippen molar-refractivity contribution in [1.82, 2.24) is 0 Å². The first-order chi connectivity index (χ1) is 13.1. The number of para-hydroxylation sites is 1. The molecule has 0 bridgehead atoms. The lowest BCUT2D eigenvalue weighted by Crippen LogP contribution is -2.03. The van der Waals surface area contributed by atoms with Crippen LogP contribution < -0.4 is 4.74 Å². The van der Waals surface area contributed by atoms with E-state index in [-0.39, 0.29) is 11.2 Å². The van der Waals surface area contributed by atoms with Gasteiger partial charge in [-0.05, 0) is 61.2 Å². The van der Waals surface area contributed by atoms with Crippen molar-refractivity contribution in [2.75, 3.05) is 0 Å². The van der Waals surface area contributed by atoms with Gasteiger partial charge >= 0.3 is 0 Å². The third-order valence-corrected chi connectivity index (χ3v) is 5.10. The highest BCUT2D eigenvalue weighted by Gasteiger charge is 2.42. The quantitative estimate of drug-likeness (QED) is 0.465. The maximum Gasteiger partial charge on any atom is 0.127 e. The van der Waals surface area contributed by atoms with E-state index in [1.54, 1.807) is 0 Å². The van der Waals surface area contributed by atoms with Crippen LogP contribution in [-0.4, -0.2) is 0 Å². The normalized spacial score (nSPS) is 15.4. The molecule has 0 unspecified atom stereocenters. The van der Waals surface area contributed by atoms with E-state index in [0.29, 0.717) is 6.42 Å². The molecule has 2 heteroatoms. The Morgan fingerprint density at radius 1 is 0.926 bits per heavy atom. The van der Waals surface area contributed by atoms with Gasteiger partial charge < -0.3 is 4.74 Å². The highest BCUT2D eigenvalue weighted by atomic mass is 19.1. The van der Waals surface area contributed by atoms with Gasteiger partial charge in [0.05, 0.1) is 0 Å². The summed E-state index contributed by atoms with van der Waals surface area (Å²) in [7, 11) is 0. The van der Waals surface area contributed by atoms with Crippen LogP contribution in [0, 0.1) is 6.92 Å². The van der Waals surface area contributed by atoms with E-state index >= 15 is 0 Å². The third kappa shape index (κ3) is 4.28. The first-order valence-corrected chi connectivity index (χ1v) is 9.39. The Morgan fingerprint density at radius 3 is 2.33 bits per heavy atom. The van der Waals surface area contributed by atoms with E-state index in [2.05, 4.69) is 31.2 Å². The maximum absolute atomic E-state index is 14.8. The fraction of sp³-hybridized carbons (Fsp3) is 0.200. The summed E-state index contributed by atoms with van der Waals surface area (Å²) < 4.78 is 20.6. The highest BCUT2D eigenvalue weighted by molar-refractivity contribution is 5.40. The molecule has 0 spiro atoms. The lowest BCUT2D eigenvalue weighted by molar-refractivity contribution is 0.482. The standard InChI is InChI=1S/C25H23FO/c1-19-10-12-21(13-11-19)25(14-15-25)18-22(26)16-20-6-5-9-24(17-20)27-23-7-3-2-4-8-23/h2-13,17-18H,14-16H2,1H3. The van der Waals surface area contributed by atoms with Crippen molar-refractivity contribution in [3.63, 3.8) is 0 Å². The number of hydrogen-bond acceptors (Lipinski definition) is 1. The average molecular weight is 358 g/mol. The molecule has 0 aromatic heterocycles. The molecule has 136 valence electrons. The minimum atomic E-state index is -0.115. The summed E-state index contributed by atoms with van der Waals surface area (Å²) >= 11 is 0. The lowest BCUT2D eigenvalue weighted by Gasteiger charge is -2.12. The molecule has 3 aromatic rings. The second kappa shape index (κ2) is 7.40. The minimum absolute atomic E-state index is 0.0788. The van der Waals surface area contributed by atoms with E-state index in [4.69, 9.17) is 4.74 Å². The molecular formula is C25H23FO. The van der Waals surface area contributed by atoms with Gasteiger partial charge in [0.15, 0.2) is 0 Å². The van der Waals surface area contributed by atoms with Crippen molar-refractivity contribution in [2.24, 2.45) is 0 Å². The third-order valence-electron chi connectivity index (χ3n) is 5.10. The molecule has 1 aliphatic rings. The zero-order chi connectivity index (χ0) is 18.7. The van der Waals surface area contributed by atoms with Crippen molar-refractivity contribution >= 4 is 0 Å². The summed E-state index contributed by atoms with van der Waals surface area (Å²) in [5, 5.41) is 0. The SMILES string of the molecule is Cc1ccc(C2(C=C(F)Cc3cccc(Oc4ccccc4)c3)CC2)cc1. The van der Waals surface area contributed by atoms with Gasteiger partial charge in [0.25, 0.3) is 0 Å². The Bertz CT molecular complexity index is 938. The Labute approximate surface area is 160 Å². The maximum atomic E-state index is 14.8. The first kappa shape index (κ1) is 17.5. The van der Waals surface area contributed by atoms with Crippen LogP contribution in [0.2, 0.25) is 0 Å². The van der Waals surface area contributed by atoms with E-state index in [9.17, 15) is 4.39 Å². The van der Waals surface area contributed by atoms with Gasteiger partial charge in [-0.15, -0.1) is 0 Å². The Balaban J connectivity index is 1.48. The van der Waals surface area contributed by atoms with Crippen LogP contribution >= 0.6 is 0 Å². The van der Waals surface area contributed by atoms with Crippen LogP contribution in [0.25, 0.3) is 0 Å². The Morgan fingerprint density at radius 2 is 1.63 bits per heavy atom. The molecular weight excluding hydrogens is 335 g/mol. The van der Waals surface area contributed by atoms with E-state index in [1.165, 1.54) is 11.1 Å². The summed E-state index contributed by atoms with van der Waals surface area (Å²) in [5.41, 5.74) is 3.24. The molecule has 0 radical (unpaired) electrons. The Hall–Kier alpha value is -2.87. The van der Waals surface area contributed by atoms with Crippen molar-refractivity contribution < 1.29 is 9.13 Å². The van der Waals surface area contributed by atoms with Crippen LogP contribution in [0.5, 0.6) is 11.5 Å². The van der Waals surface area contributed by atoms with Crippen LogP contribution in [0.3, 0.4) is 0 Å².